The lowest BCUT2D eigenvalue weighted by Gasteiger charge is -2.52. The van der Waals surface area contributed by atoms with Gasteiger partial charge in [-0.2, -0.15) is 0 Å². The van der Waals surface area contributed by atoms with Crippen LogP contribution < -0.4 is 4.74 Å². The summed E-state index contributed by atoms with van der Waals surface area (Å²) in [5.41, 5.74) is 0.866. The molecule has 3 nitrogen and oxygen atoms in total. The first kappa shape index (κ1) is 17.5. The minimum absolute atomic E-state index is 0.185. The van der Waals surface area contributed by atoms with Gasteiger partial charge >= 0.3 is 0 Å². The van der Waals surface area contributed by atoms with E-state index in [1.807, 2.05) is 12.1 Å². The van der Waals surface area contributed by atoms with Gasteiger partial charge in [0.2, 0.25) is 0 Å². The molecule has 2 saturated heterocycles. The highest BCUT2D eigenvalue weighted by atomic mass is 19.1. The van der Waals surface area contributed by atoms with Crippen molar-refractivity contribution in [3.63, 3.8) is 0 Å². The molecule has 0 aromatic heterocycles. The fourth-order valence-corrected chi connectivity index (χ4v) is 4.88. The summed E-state index contributed by atoms with van der Waals surface area (Å²) in [4.78, 5) is 2.54. The number of para-hydroxylation sites is 1. The second kappa shape index (κ2) is 7.01. The van der Waals surface area contributed by atoms with E-state index in [9.17, 15) is 9.50 Å². The number of hydrogen-bond acceptors (Lipinski definition) is 3. The zero-order valence-corrected chi connectivity index (χ0v) is 15.2. The molecule has 2 aliphatic heterocycles. The lowest BCUT2D eigenvalue weighted by Crippen LogP contribution is -2.56. The van der Waals surface area contributed by atoms with Crippen molar-refractivity contribution in [2.24, 2.45) is 0 Å². The van der Waals surface area contributed by atoms with Crippen molar-refractivity contribution in [1.29, 1.82) is 0 Å². The predicted molar refractivity (Wildman–Crippen MR) is 99.5 cm³/mol. The number of benzene rings is 2. The number of ether oxygens (including phenoxy) is 1. The van der Waals surface area contributed by atoms with E-state index in [4.69, 9.17) is 4.74 Å². The van der Waals surface area contributed by atoms with Crippen molar-refractivity contribution in [1.82, 2.24) is 4.90 Å². The number of methoxy groups -OCH3 is 1. The van der Waals surface area contributed by atoms with Gasteiger partial charge in [0.05, 0.1) is 12.7 Å². The van der Waals surface area contributed by atoms with Gasteiger partial charge in [-0.05, 0) is 37.3 Å². The average Bonchev–Trinajstić information content (AvgIpc) is 2.63. The summed E-state index contributed by atoms with van der Waals surface area (Å²) < 4.78 is 19.5. The van der Waals surface area contributed by atoms with Crippen LogP contribution in [0.25, 0.3) is 0 Å². The number of piperidine rings is 2. The first-order valence-corrected chi connectivity index (χ1v) is 9.46. The maximum Gasteiger partial charge on any atom is 0.165 e. The first-order valence-electron chi connectivity index (χ1n) is 9.46. The summed E-state index contributed by atoms with van der Waals surface area (Å²) in [6.07, 6.45) is 4.58. The molecule has 0 aliphatic carbocycles. The van der Waals surface area contributed by atoms with Gasteiger partial charge in [0.1, 0.15) is 0 Å². The number of nitrogens with zero attached hydrogens (tertiary/aromatic N) is 1. The first-order chi connectivity index (χ1) is 12.6. The van der Waals surface area contributed by atoms with Gasteiger partial charge in [-0.15, -0.1) is 0 Å². The van der Waals surface area contributed by atoms with Crippen LogP contribution in [0.3, 0.4) is 0 Å². The van der Waals surface area contributed by atoms with Crippen LogP contribution in [0.5, 0.6) is 5.75 Å². The van der Waals surface area contributed by atoms with Crippen LogP contribution in [-0.4, -0.2) is 29.2 Å². The van der Waals surface area contributed by atoms with E-state index in [1.54, 1.807) is 6.07 Å². The molecule has 2 aromatic carbocycles. The Kier molecular flexibility index (Phi) is 4.72. The Morgan fingerprint density at radius 3 is 2.42 bits per heavy atom. The molecular formula is C22H26FNO2. The van der Waals surface area contributed by atoms with Crippen LogP contribution in [0, 0.1) is 5.82 Å². The molecule has 0 amide bonds. The molecular weight excluding hydrogens is 329 g/mol. The third-order valence-corrected chi connectivity index (χ3v) is 6.04. The van der Waals surface area contributed by atoms with Crippen molar-refractivity contribution in [2.75, 3.05) is 7.11 Å². The molecule has 2 fully saturated rings. The highest BCUT2D eigenvalue weighted by molar-refractivity contribution is 5.40. The van der Waals surface area contributed by atoms with Crippen molar-refractivity contribution in [3.8, 4) is 5.75 Å². The molecule has 2 heterocycles. The van der Waals surface area contributed by atoms with Crippen LogP contribution in [0.4, 0.5) is 4.39 Å². The van der Waals surface area contributed by atoms with Crippen LogP contribution >= 0.6 is 0 Å². The van der Waals surface area contributed by atoms with Crippen molar-refractivity contribution >= 4 is 0 Å². The lowest BCUT2D eigenvalue weighted by molar-refractivity contribution is -0.101. The number of halogens is 1. The van der Waals surface area contributed by atoms with Gasteiger partial charge < -0.3 is 9.84 Å². The Morgan fingerprint density at radius 1 is 1.08 bits per heavy atom. The number of hydrogen-bond donors (Lipinski definition) is 1. The number of rotatable bonds is 4. The Morgan fingerprint density at radius 2 is 1.77 bits per heavy atom. The molecule has 0 radical (unpaired) electrons. The largest absolute Gasteiger partial charge is 0.493 e. The summed E-state index contributed by atoms with van der Waals surface area (Å²) in [7, 11) is 1.47. The zero-order valence-electron chi connectivity index (χ0n) is 15.2. The topological polar surface area (TPSA) is 32.7 Å². The SMILES string of the molecule is COc1c(F)cccc1C1(O)CC2CCCC(C1)N2Cc1ccccc1. The Balaban J connectivity index is 1.62. The molecule has 4 heteroatoms. The molecule has 2 aromatic rings. The maximum absolute atomic E-state index is 14.2. The Bertz CT molecular complexity index is 750. The van der Waals surface area contributed by atoms with E-state index < -0.39 is 11.4 Å². The summed E-state index contributed by atoms with van der Waals surface area (Å²) in [5.74, 6) is -0.222. The molecule has 0 spiro atoms. The fourth-order valence-electron chi connectivity index (χ4n) is 4.88. The van der Waals surface area contributed by atoms with Crippen LogP contribution in [0.15, 0.2) is 48.5 Å². The summed E-state index contributed by atoms with van der Waals surface area (Å²) >= 11 is 0. The minimum Gasteiger partial charge on any atom is -0.493 e. The van der Waals surface area contributed by atoms with Gasteiger partial charge in [-0.3, -0.25) is 4.90 Å². The fraction of sp³-hybridized carbons (Fsp3) is 0.455. The third kappa shape index (κ3) is 3.12. The molecule has 2 unspecified atom stereocenters. The molecule has 1 N–H and O–H groups in total. The summed E-state index contributed by atoms with van der Waals surface area (Å²) in [5, 5.41) is 11.5. The van der Waals surface area contributed by atoms with E-state index >= 15 is 0 Å². The number of aliphatic hydroxyl groups is 1. The normalized spacial score (nSPS) is 28.7. The van der Waals surface area contributed by atoms with Crippen molar-refractivity contribution in [2.45, 2.75) is 56.3 Å². The average molecular weight is 355 g/mol. The standard InChI is InChI=1S/C22H26FNO2/c1-26-21-19(11-6-12-20(21)23)22(25)13-17-9-5-10-18(14-22)24(17)15-16-7-3-2-4-8-16/h2-4,6-8,11-12,17-18,25H,5,9-10,13-15H2,1H3. The highest BCUT2D eigenvalue weighted by Gasteiger charge is 2.47. The molecule has 0 saturated carbocycles. The second-order valence-electron chi connectivity index (χ2n) is 7.66. The Hall–Kier alpha value is -1.91. The molecule has 2 aliphatic rings. The van der Waals surface area contributed by atoms with Crippen molar-refractivity contribution < 1.29 is 14.2 Å². The molecule has 2 bridgehead atoms. The predicted octanol–water partition coefficient (Wildman–Crippen LogP) is 4.24. The maximum atomic E-state index is 14.2. The minimum atomic E-state index is -1.03. The lowest BCUT2D eigenvalue weighted by atomic mass is 9.72. The van der Waals surface area contributed by atoms with Gasteiger partial charge in [0.25, 0.3) is 0 Å². The van der Waals surface area contributed by atoms with E-state index in [2.05, 4.69) is 29.2 Å². The number of fused-ring (bicyclic) bond motifs is 2. The van der Waals surface area contributed by atoms with Gasteiger partial charge in [0, 0.05) is 24.2 Å². The molecule has 138 valence electrons. The second-order valence-corrected chi connectivity index (χ2v) is 7.66. The smallest absolute Gasteiger partial charge is 0.165 e. The van der Waals surface area contributed by atoms with E-state index in [0.29, 0.717) is 30.5 Å². The highest BCUT2D eigenvalue weighted by Crippen LogP contribution is 2.47. The van der Waals surface area contributed by atoms with E-state index in [0.717, 1.165) is 19.4 Å². The van der Waals surface area contributed by atoms with Crippen molar-refractivity contribution in [3.05, 3.63) is 65.5 Å². The third-order valence-electron chi connectivity index (χ3n) is 6.04. The molecule has 4 rings (SSSR count). The summed E-state index contributed by atoms with van der Waals surface area (Å²) in [6, 6.07) is 16.0. The molecule has 26 heavy (non-hydrogen) atoms. The molecule has 2 atom stereocenters. The van der Waals surface area contributed by atoms with Crippen LogP contribution in [0.2, 0.25) is 0 Å². The monoisotopic (exact) mass is 355 g/mol. The Labute approximate surface area is 154 Å². The quantitative estimate of drug-likeness (QED) is 0.890. The van der Waals surface area contributed by atoms with Gasteiger partial charge in [-0.25, -0.2) is 4.39 Å². The van der Waals surface area contributed by atoms with Crippen LogP contribution in [0.1, 0.15) is 43.2 Å². The van der Waals surface area contributed by atoms with Gasteiger partial charge in [0.15, 0.2) is 11.6 Å². The van der Waals surface area contributed by atoms with Gasteiger partial charge in [-0.1, -0.05) is 48.9 Å². The summed E-state index contributed by atoms with van der Waals surface area (Å²) in [6.45, 7) is 0.909. The van der Waals surface area contributed by atoms with Crippen LogP contribution in [-0.2, 0) is 12.1 Å². The van der Waals surface area contributed by atoms with E-state index in [1.165, 1.54) is 25.2 Å². The van der Waals surface area contributed by atoms with E-state index in [-0.39, 0.29) is 5.75 Å². The zero-order chi connectivity index (χ0) is 18.1.